The lowest BCUT2D eigenvalue weighted by atomic mass is 10.1. The number of hydrogen-bond donors (Lipinski definition) is 0. The van der Waals surface area contributed by atoms with Crippen molar-refractivity contribution >= 4 is 17.5 Å². The van der Waals surface area contributed by atoms with Gasteiger partial charge in [-0.05, 0) is 18.6 Å². The zero-order valence-electron chi connectivity index (χ0n) is 13.0. The number of nitro groups is 1. The van der Waals surface area contributed by atoms with Crippen LogP contribution in [0.2, 0.25) is 0 Å². The number of carbonyl (C=O) groups is 1. The standard InChI is InChI=1S/C15H15N5O4/c1-24-15(21)11-3-7-18-14(12(11)20(22)23)19-8-4-10(9-19)13-16-5-2-6-17-13/h2-3,5-7,10H,4,8-9H2,1H3. The monoisotopic (exact) mass is 329 g/mol. The first-order valence-corrected chi connectivity index (χ1v) is 7.35. The summed E-state index contributed by atoms with van der Waals surface area (Å²) in [5, 5.41) is 11.5. The fourth-order valence-electron chi connectivity index (χ4n) is 2.81. The van der Waals surface area contributed by atoms with E-state index in [1.807, 2.05) is 0 Å². The van der Waals surface area contributed by atoms with Gasteiger partial charge in [0.25, 0.3) is 0 Å². The average Bonchev–Trinajstić information content (AvgIpc) is 3.11. The highest BCUT2D eigenvalue weighted by Gasteiger charge is 2.34. The quantitative estimate of drug-likeness (QED) is 0.472. The molecule has 0 aromatic carbocycles. The van der Waals surface area contributed by atoms with Gasteiger partial charge < -0.3 is 9.64 Å². The Kier molecular flexibility index (Phi) is 4.32. The van der Waals surface area contributed by atoms with Crippen LogP contribution in [0.15, 0.2) is 30.7 Å². The predicted molar refractivity (Wildman–Crippen MR) is 83.8 cm³/mol. The number of carbonyl (C=O) groups excluding carboxylic acids is 1. The van der Waals surface area contributed by atoms with Crippen LogP contribution in [0.1, 0.15) is 28.5 Å². The van der Waals surface area contributed by atoms with Gasteiger partial charge in [0.05, 0.1) is 12.0 Å². The van der Waals surface area contributed by atoms with Gasteiger partial charge in [0, 0.05) is 37.6 Å². The zero-order valence-corrected chi connectivity index (χ0v) is 13.0. The Morgan fingerprint density at radius 1 is 1.33 bits per heavy atom. The first-order valence-electron chi connectivity index (χ1n) is 7.35. The summed E-state index contributed by atoms with van der Waals surface area (Å²) in [6.07, 6.45) is 5.47. The Hall–Kier alpha value is -3.10. The summed E-state index contributed by atoms with van der Waals surface area (Å²) in [5.41, 5.74) is -0.439. The molecule has 1 aliphatic rings. The van der Waals surface area contributed by atoms with E-state index >= 15 is 0 Å². The fraction of sp³-hybridized carbons (Fsp3) is 0.333. The van der Waals surface area contributed by atoms with E-state index in [0.717, 1.165) is 6.42 Å². The van der Waals surface area contributed by atoms with Crippen molar-refractivity contribution in [3.63, 3.8) is 0 Å². The molecule has 1 saturated heterocycles. The van der Waals surface area contributed by atoms with Gasteiger partial charge in [-0.1, -0.05) is 0 Å². The second-order valence-electron chi connectivity index (χ2n) is 5.32. The molecule has 1 fully saturated rings. The third kappa shape index (κ3) is 2.87. The lowest BCUT2D eigenvalue weighted by Gasteiger charge is -2.17. The molecular formula is C15H15N5O4. The maximum absolute atomic E-state index is 11.8. The first kappa shape index (κ1) is 15.8. The maximum Gasteiger partial charge on any atom is 0.345 e. The van der Waals surface area contributed by atoms with Crippen molar-refractivity contribution in [2.45, 2.75) is 12.3 Å². The van der Waals surface area contributed by atoms with E-state index in [1.165, 1.54) is 19.4 Å². The number of pyridine rings is 1. The van der Waals surface area contributed by atoms with Gasteiger partial charge >= 0.3 is 11.7 Å². The molecule has 0 amide bonds. The van der Waals surface area contributed by atoms with E-state index < -0.39 is 10.9 Å². The SMILES string of the molecule is COC(=O)c1ccnc(N2CCC(c3ncccn3)C2)c1[N+](=O)[O-]. The van der Waals surface area contributed by atoms with Crippen LogP contribution in [0.4, 0.5) is 11.5 Å². The molecule has 9 nitrogen and oxygen atoms in total. The minimum Gasteiger partial charge on any atom is -0.465 e. The van der Waals surface area contributed by atoms with Gasteiger partial charge in [-0.25, -0.2) is 19.7 Å². The van der Waals surface area contributed by atoms with E-state index in [9.17, 15) is 14.9 Å². The third-order valence-corrected chi connectivity index (χ3v) is 3.93. The summed E-state index contributed by atoms with van der Waals surface area (Å²) in [5.74, 6) is 0.176. The molecule has 1 atom stereocenters. The van der Waals surface area contributed by atoms with Crippen LogP contribution in [0.25, 0.3) is 0 Å². The molecule has 0 N–H and O–H groups in total. The van der Waals surface area contributed by atoms with E-state index in [-0.39, 0.29) is 23.0 Å². The molecular weight excluding hydrogens is 314 g/mol. The second-order valence-corrected chi connectivity index (χ2v) is 5.32. The Labute approximate surface area is 137 Å². The van der Waals surface area contributed by atoms with Gasteiger partial charge in [-0.15, -0.1) is 0 Å². The lowest BCUT2D eigenvalue weighted by Crippen LogP contribution is -2.23. The fourth-order valence-corrected chi connectivity index (χ4v) is 2.81. The number of methoxy groups -OCH3 is 1. The van der Waals surface area contributed by atoms with Crippen molar-refractivity contribution in [2.75, 3.05) is 25.1 Å². The molecule has 0 spiro atoms. The molecule has 1 aliphatic heterocycles. The van der Waals surface area contributed by atoms with E-state index in [2.05, 4.69) is 19.7 Å². The van der Waals surface area contributed by atoms with Crippen molar-refractivity contribution in [1.29, 1.82) is 0 Å². The van der Waals surface area contributed by atoms with E-state index in [4.69, 9.17) is 0 Å². The summed E-state index contributed by atoms with van der Waals surface area (Å²) in [4.78, 5) is 37.1. The normalized spacial score (nSPS) is 16.9. The topological polar surface area (TPSA) is 111 Å². The van der Waals surface area contributed by atoms with Crippen molar-refractivity contribution in [2.24, 2.45) is 0 Å². The Morgan fingerprint density at radius 2 is 2.08 bits per heavy atom. The number of anilines is 1. The molecule has 3 rings (SSSR count). The summed E-state index contributed by atoms with van der Waals surface area (Å²) in [6, 6.07) is 3.03. The number of rotatable bonds is 4. The van der Waals surface area contributed by atoms with Crippen LogP contribution in [0.3, 0.4) is 0 Å². The zero-order chi connectivity index (χ0) is 17.1. The smallest absolute Gasteiger partial charge is 0.345 e. The molecule has 24 heavy (non-hydrogen) atoms. The predicted octanol–water partition coefficient (Wildman–Crippen LogP) is 1.56. The molecule has 0 bridgehead atoms. The van der Waals surface area contributed by atoms with Crippen molar-refractivity contribution in [1.82, 2.24) is 15.0 Å². The largest absolute Gasteiger partial charge is 0.465 e. The second kappa shape index (κ2) is 6.57. The van der Waals surface area contributed by atoms with Crippen LogP contribution >= 0.6 is 0 Å². The molecule has 9 heteroatoms. The molecule has 2 aromatic heterocycles. The molecule has 2 aromatic rings. The highest BCUT2D eigenvalue weighted by Crippen LogP contribution is 2.35. The summed E-state index contributed by atoms with van der Waals surface area (Å²) in [6.45, 7) is 1.07. The molecule has 3 heterocycles. The van der Waals surface area contributed by atoms with Crippen LogP contribution in [-0.2, 0) is 4.74 Å². The highest BCUT2D eigenvalue weighted by atomic mass is 16.6. The highest BCUT2D eigenvalue weighted by molar-refractivity contribution is 5.96. The van der Waals surface area contributed by atoms with Crippen LogP contribution in [0, 0.1) is 10.1 Å². The van der Waals surface area contributed by atoms with Crippen LogP contribution < -0.4 is 4.90 Å². The minimum absolute atomic E-state index is 0.0642. The summed E-state index contributed by atoms with van der Waals surface area (Å²) < 4.78 is 4.63. The maximum atomic E-state index is 11.8. The third-order valence-electron chi connectivity index (χ3n) is 3.93. The van der Waals surface area contributed by atoms with Gasteiger partial charge in [0.2, 0.25) is 5.82 Å². The van der Waals surface area contributed by atoms with Gasteiger partial charge in [-0.3, -0.25) is 10.1 Å². The van der Waals surface area contributed by atoms with Crippen molar-refractivity contribution in [3.05, 3.63) is 52.2 Å². The number of aromatic nitrogens is 3. The number of hydrogen-bond acceptors (Lipinski definition) is 8. The van der Waals surface area contributed by atoms with Gasteiger partial charge in [0.1, 0.15) is 11.4 Å². The van der Waals surface area contributed by atoms with E-state index in [1.54, 1.807) is 23.4 Å². The van der Waals surface area contributed by atoms with Gasteiger partial charge in [0.15, 0.2) is 0 Å². The molecule has 1 unspecified atom stereocenters. The Bertz CT molecular complexity index is 768. The summed E-state index contributed by atoms with van der Waals surface area (Å²) >= 11 is 0. The van der Waals surface area contributed by atoms with E-state index in [0.29, 0.717) is 18.9 Å². The molecule has 124 valence electrons. The summed E-state index contributed by atoms with van der Waals surface area (Å²) in [7, 11) is 1.19. The molecule has 0 radical (unpaired) electrons. The Balaban J connectivity index is 1.93. The number of nitrogens with zero attached hydrogens (tertiary/aromatic N) is 5. The number of esters is 1. The van der Waals surface area contributed by atoms with Crippen LogP contribution in [-0.4, -0.2) is 46.0 Å². The minimum atomic E-state index is -0.757. The van der Waals surface area contributed by atoms with Gasteiger partial charge in [-0.2, -0.15) is 0 Å². The number of ether oxygens (including phenoxy) is 1. The lowest BCUT2D eigenvalue weighted by molar-refractivity contribution is -0.384. The first-order chi connectivity index (χ1) is 11.6. The average molecular weight is 329 g/mol. The molecule has 0 aliphatic carbocycles. The van der Waals surface area contributed by atoms with Crippen LogP contribution in [0.5, 0.6) is 0 Å². The van der Waals surface area contributed by atoms with Crippen molar-refractivity contribution < 1.29 is 14.5 Å². The Morgan fingerprint density at radius 3 is 2.75 bits per heavy atom. The van der Waals surface area contributed by atoms with Crippen molar-refractivity contribution in [3.8, 4) is 0 Å². The molecule has 0 saturated carbocycles.